The fraction of sp³-hybridized carbons (Fsp3) is 0.370. The molecule has 178 valence electrons. The highest BCUT2D eigenvalue weighted by molar-refractivity contribution is 5.91. The normalized spacial score (nSPS) is 14.1. The second kappa shape index (κ2) is 10.5. The molecule has 7 nitrogen and oxygen atoms in total. The van der Waals surface area contributed by atoms with Crippen molar-refractivity contribution in [1.82, 2.24) is 14.9 Å². The number of nitrogens with one attached hydrogen (secondary N) is 1. The van der Waals surface area contributed by atoms with Crippen molar-refractivity contribution in [2.75, 3.05) is 43.5 Å². The first-order valence-electron chi connectivity index (χ1n) is 11.9. The number of para-hydroxylation sites is 2. The molecule has 2 aromatic carbocycles. The van der Waals surface area contributed by atoms with E-state index in [2.05, 4.69) is 31.0 Å². The third-order valence-corrected chi connectivity index (χ3v) is 6.16. The van der Waals surface area contributed by atoms with Crippen LogP contribution in [0.3, 0.4) is 0 Å². The molecular weight excluding hydrogens is 426 g/mol. The molecule has 2 heterocycles. The second-order valence-electron chi connectivity index (χ2n) is 8.85. The van der Waals surface area contributed by atoms with E-state index in [1.165, 1.54) is 5.56 Å². The second-order valence-corrected chi connectivity index (χ2v) is 8.85. The highest BCUT2D eigenvalue weighted by atomic mass is 16.5. The Labute approximate surface area is 201 Å². The Kier molecular flexibility index (Phi) is 7.30. The smallest absolute Gasteiger partial charge is 0.322 e. The third-order valence-electron chi connectivity index (χ3n) is 6.16. The van der Waals surface area contributed by atoms with Crippen LogP contribution in [0.25, 0.3) is 11.4 Å². The first-order chi connectivity index (χ1) is 16.5. The van der Waals surface area contributed by atoms with Crippen LogP contribution >= 0.6 is 0 Å². The van der Waals surface area contributed by atoms with E-state index in [-0.39, 0.29) is 6.03 Å². The number of hydrogen-bond donors (Lipinski definition) is 1. The van der Waals surface area contributed by atoms with Crippen molar-refractivity contribution in [3.63, 3.8) is 0 Å². The first-order valence-corrected chi connectivity index (χ1v) is 11.9. The molecule has 3 aromatic rings. The van der Waals surface area contributed by atoms with Crippen molar-refractivity contribution in [3.05, 3.63) is 65.9 Å². The summed E-state index contributed by atoms with van der Waals surface area (Å²) in [6.45, 7) is 9.28. The number of amides is 2. The molecule has 0 bridgehead atoms. The minimum atomic E-state index is -0.112. The predicted molar refractivity (Wildman–Crippen MR) is 137 cm³/mol. The lowest BCUT2D eigenvalue weighted by atomic mass is 10.0. The van der Waals surface area contributed by atoms with Crippen LogP contribution < -0.4 is 15.0 Å². The summed E-state index contributed by atoms with van der Waals surface area (Å²) in [5.74, 6) is 2.67. The molecule has 1 fully saturated rings. The van der Waals surface area contributed by atoms with Crippen LogP contribution in [0.4, 0.5) is 16.3 Å². The van der Waals surface area contributed by atoms with Gasteiger partial charge in [0.05, 0.1) is 12.8 Å². The average Bonchev–Trinajstić information content (AvgIpc) is 3.10. The van der Waals surface area contributed by atoms with Gasteiger partial charge in [-0.1, -0.05) is 56.3 Å². The van der Waals surface area contributed by atoms with Crippen LogP contribution in [0.1, 0.15) is 37.4 Å². The summed E-state index contributed by atoms with van der Waals surface area (Å²) in [5, 5.41) is 3.00. The highest BCUT2D eigenvalue weighted by Crippen LogP contribution is 2.31. The van der Waals surface area contributed by atoms with E-state index in [0.29, 0.717) is 37.0 Å². The Morgan fingerprint density at radius 2 is 1.71 bits per heavy atom. The number of hydrogen-bond acceptors (Lipinski definition) is 5. The predicted octanol–water partition coefficient (Wildman–Crippen LogP) is 5.33. The summed E-state index contributed by atoms with van der Waals surface area (Å²) in [5.41, 5.74) is 3.87. The molecule has 0 atom stereocenters. The Balaban J connectivity index is 1.55. The van der Waals surface area contributed by atoms with Gasteiger partial charge in [-0.2, -0.15) is 0 Å². The van der Waals surface area contributed by atoms with Crippen molar-refractivity contribution in [1.29, 1.82) is 0 Å². The number of carbonyl (C=O) groups excluding carboxylic acids is 1. The van der Waals surface area contributed by atoms with Crippen LogP contribution in [0.5, 0.6) is 5.75 Å². The summed E-state index contributed by atoms with van der Waals surface area (Å²) in [7, 11) is 1.61. The van der Waals surface area contributed by atoms with Crippen LogP contribution in [-0.2, 0) is 0 Å². The van der Waals surface area contributed by atoms with Gasteiger partial charge in [0.1, 0.15) is 11.6 Å². The summed E-state index contributed by atoms with van der Waals surface area (Å²) in [6, 6.07) is 17.5. The molecule has 1 aliphatic heterocycles. The lowest BCUT2D eigenvalue weighted by Gasteiger charge is -2.27. The van der Waals surface area contributed by atoms with E-state index in [1.54, 1.807) is 7.11 Å². The van der Waals surface area contributed by atoms with Crippen LogP contribution in [0.2, 0.25) is 0 Å². The molecule has 34 heavy (non-hydrogen) atoms. The molecule has 1 saturated heterocycles. The van der Waals surface area contributed by atoms with Crippen molar-refractivity contribution in [2.24, 2.45) is 0 Å². The minimum absolute atomic E-state index is 0.112. The zero-order chi connectivity index (χ0) is 24.1. The van der Waals surface area contributed by atoms with E-state index >= 15 is 0 Å². The maximum atomic E-state index is 13.0. The summed E-state index contributed by atoms with van der Waals surface area (Å²) in [6.07, 6.45) is 0.862. The SMILES string of the molecule is COc1ccccc1NC(=O)N1CCCN(c2nc(-c3ccccc3)nc(C)c2C(C)C)CC1. The molecule has 0 spiro atoms. The summed E-state index contributed by atoms with van der Waals surface area (Å²) < 4.78 is 5.37. The third kappa shape index (κ3) is 5.14. The Bertz CT molecular complexity index is 1130. The summed E-state index contributed by atoms with van der Waals surface area (Å²) >= 11 is 0. The number of urea groups is 1. The van der Waals surface area contributed by atoms with Crippen molar-refractivity contribution in [3.8, 4) is 17.1 Å². The Morgan fingerprint density at radius 1 is 0.971 bits per heavy atom. The van der Waals surface area contributed by atoms with Gasteiger partial charge in [0.25, 0.3) is 0 Å². The van der Waals surface area contributed by atoms with Gasteiger partial charge in [-0.3, -0.25) is 0 Å². The summed E-state index contributed by atoms with van der Waals surface area (Å²) in [4.78, 5) is 27.1. The number of rotatable bonds is 5. The zero-order valence-corrected chi connectivity index (χ0v) is 20.4. The van der Waals surface area contributed by atoms with Gasteiger partial charge in [0, 0.05) is 43.0 Å². The number of methoxy groups -OCH3 is 1. The quantitative estimate of drug-likeness (QED) is 0.559. The number of benzene rings is 2. The topological polar surface area (TPSA) is 70.6 Å². The van der Waals surface area contributed by atoms with E-state index in [1.807, 2.05) is 59.5 Å². The van der Waals surface area contributed by atoms with Crippen molar-refractivity contribution >= 4 is 17.5 Å². The van der Waals surface area contributed by atoms with E-state index in [4.69, 9.17) is 14.7 Å². The van der Waals surface area contributed by atoms with Gasteiger partial charge in [0.15, 0.2) is 5.82 Å². The number of anilines is 2. The fourth-order valence-electron chi connectivity index (χ4n) is 4.47. The van der Waals surface area contributed by atoms with Crippen molar-refractivity contribution < 1.29 is 9.53 Å². The first kappa shape index (κ1) is 23.5. The molecule has 0 aliphatic carbocycles. The molecule has 7 heteroatoms. The molecule has 0 saturated carbocycles. The Morgan fingerprint density at radius 3 is 2.44 bits per heavy atom. The van der Waals surface area contributed by atoms with E-state index < -0.39 is 0 Å². The van der Waals surface area contributed by atoms with Gasteiger partial charge in [-0.15, -0.1) is 0 Å². The largest absolute Gasteiger partial charge is 0.495 e. The lowest BCUT2D eigenvalue weighted by molar-refractivity contribution is 0.215. The van der Waals surface area contributed by atoms with Gasteiger partial charge < -0.3 is 19.9 Å². The van der Waals surface area contributed by atoms with Crippen LogP contribution in [-0.4, -0.2) is 54.2 Å². The maximum Gasteiger partial charge on any atom is 0.322 e. The Hall–Kier alpha value is -3.61. The fourth-order valence-corrected chi connectivity index (χ4v) is 4.47. The number of carbonyl (C=O) groups is 1. The maximum absolute atomic E-state index is 13.0. The van der Waals surface area contributed by atoms with Crippen LogP contribution in [0, 0.1) is 6.92 Å². The highest BCUT2D eigenvalue weighted by Gasteiger charge is 2.25. The molecular formula is C27H33N5O2. The average molecular weight is 460 g/mol. The van der Waals surface area contributed by atoms with Gasteiger partial charge in [-0.25, -0.2) is 14.8 Å². The van der Waals surface area contributed by atoms with E-state index in [9.17, 15) is 4.79 Å². The van der Waals surface area contributed by atoms with Crippen LogP contribution in [0.15, 0.2) is 54.6 Å². The van der Waals surface area contributed by atoms with Gasteiger partial charge >= 0.3 is 6.03 Å². The van der Waals surface area contributed by atoms with E-state index in [0.717, 1.165) is 35.9 Å². The molecule has 1 N–H and O–H groups in total. The standard InChI is InChI=1S/C27H33N5O2/c1-19(2)24-20(3)28-25(21-11-6-5-7-12-21)30-26(24)31-15-10-16-32(18-17-31)27(33)29-22-13-8-9-14-23(22)34-4/h5-9,11-14,19H,10,15-18H2,1-4H3,(H,29,33). The molecule has 0 unspecified atom stereocenters. The molecule has 1 aliphatic rings. The number of nitrogens with zero attached hydrogens (tertiary/aromatic N) is 4. The number of aryl methyl sites for hydroxylation is 1. The number of aromatic nitrogens is 2. The molecule has 1 aromatic heterocycles. The van der Waals surface area contributed by atoms with Gasteiger partial charge in [0.2, 0.25) is 0 Å². The zero-order valence-electron chi connectivity index (χ0n) is 20.4. The molecule has 2 amide bonds. The monoisotopic (exact) mass is 459 g/mol. The molecule has 4 rings (SSSR count). The van der Waals surface area contributed by atoms with Gasteiger partial charge in [-0.05, 0) is 31.4 Å². The molecule has 0 radical (unpaired) electrons. The number of ether oxygens (including phenoxy) is 1. The van der Waals surface area contributed by atoms with Crippen molar-refractivity contribution in [2.45, 2.75) is 33.1 Å². The lowest BCUT2D eigenvalue weighted by Crippen LogP contribution is -2.38. The minimum Gasteiger partial charge on any atom is -0.495 e.